The second kappa shape index (κ2) is 7.14. The van der Waals surface area contributed by atoms with Crippen LogP contribution >= 0.6 is 11.3 Å². The number of aromatic nitrogens is 2. The van der Waals surface area contributed by atoms with Crippen LogP contribution in [0.1, 0.15) is 16.9 Å². The SMILES string of the molecule is Cc1cn2cc(-c3cccc(NC(=O)CCc4ccccc4)c3)nc2s1. The molecule has 0 radical (unpaired) electrons. The first-order valence-electron chi connectivity index (χ1n) is 8.57. The van der Waals surface area contributed by atoms with Crippen LogP contribution in [0.25, 0.3) is 16.2 Å². The number of amides is 1. The molecule has 130 valence electrons. The Morgan fingerprint density at radius 1 is 1.12 bits per heavy atom. The first-order valence-corrected chi connectivity index (χ1v) is 9.38. The molecule has 0 aliphatic carbocycles. The van der Waals surface area contributed by atoms with E-state index in [4.69, 9.17) is 0 Å². The number of benzene rings is 2. The molecular formula is C21H19N3OS. The fourth-order valence-electron chi connectivity index (χ4n) is 2.93. The number of anilines is 1. The second-order valence-electron chi connectivity index (χ2n) is 6.27. The van der Waals surface area contributed by atoms with Gasteiger partial charge >= 0.3 is 0 Å². The van der Waals surface area contributed by atoms with Gasteiger partial charge in [-0.2, -0.15) is 0 Å². The Balaban J connectivity index is 1.45. The molecule has 0 aliphatic heterocycles. The lowest BCUT2D eigenvalue weighted by Gasteiger charge is -2.07. The highest BCUT2D eigenvalue weighted by molar-refractivity contribution is 7.17. The van der Waals surface area contributed by atoms with Crippen LogP contribution in [-0.4, -0.2) is 15.3 Å². The number of aryl methyl sites for hydroxylation is 2. The monoisotopic (exact) mass is 361 g/mol. The Hall–Kier alpha value is -2.92. The lowest BCUT2D eigenvalue weighted by molar-refractivity contribution is -0.116. The summed E-state index contributed by atoms with van der Waals surface area (Å²) in [5, 5.41) is 2.99. The molecule has 0 fully saturated rings. The van der Waals surface area contributed by atoms with Crippen molar-refractivity contribution in [2.45, 2.75) is 19.8 Å². The zero-order valence-electron chi connectivity index (χ0n) is 14.5. The quantitative estimate of drug-likeness (QED) is 0.547. The molecular weight excluding hydrogens is 342 g/mol. The van der Waals surface area contributed by atoms with Gasteiger partial charge in [0.25, 0.3) is 0 Å². The van der Waals surface area contributed by atoms with E-state index in [-0.39, 0.29) is 5.91 Å². The van der Waals surface area contributed by atoms with Crippen LogP contribution in [0, 0.1) is 6.92 Å². The summed E-state index contributed by atoms with van der Waals surface area (Å²) in [4.78, 5) is 19.1. The van der Waals surface area contributed by atoms with Crippen LogP contribution in [0.15, 0.2) is 67.0 Å². The minimum Gasteiger partial charge on any atom is -0.326 e. The third kappa shape index (κ3) is 3.68. The number of hydrogen-bond acceptors (Lipinski definition) is 3. The predicted octanol–water partition coefficient (Wildman–Crippen LogP) is 4.94. The maximum Gasteiger partial charge on any atom is 0.224 e. The molecule has 0 bridgehead atoms. The van der Waals surface area contributed by atoms with E-state index in [0.717, 1.165) is 28.3 Å². The molecule has 4 rings (SSSR count). The maximum absolute atomic E-state index is 12.2. The first kappa shape index (κ1) is 16.5. The Labute approximate surface area is 156 Å². The van der Waals surface area contributed by atoms with Crippen LogP contribution in [-0.2, 0) is 11.2 Å². The van der Waals surface area contributed by atoms with Crippen LogP contribution in [0.5, 0.6) is 0 Å². The fraction of sp³-hybridized carbons (Fsp3) is 0.143. The average Bonchev–Trinajstić information content (AvgIpc) is 3.18. The Morgan fingerprint density at radius 3 is 2.77 bits per heavy atom. The van der Waals surface area contributed by atoms with E-state index in [1.807, 2.05) is 65.2 Å². The molecule has 2 heterocycles. The number of carbonyl (C=O) groups excluding carboxylic acids is 1. The highest BCUT2D eigenvalue weighted by Gasteiger charge is 2.09. The van der Waals surface area contributed by atoms with E-state index < -0.39 is 0 Å². The largest absolute Gasteiger partial charge is 0.326 e. The molecule has 0 unspecified atom stereocenters. The van der Waals surface area contributed by atoms with Crippen LogP contribution in [0.3, 0.4) is 0 Å². The topological polar surface area (TPSA) is 46.4 Å². The Kier molecular flexibility index (Phi) is 4.54. The van der Waals surface area contributed by atoms with Gasteiger partial charge in [0.05, 0.1) is 5.69 Å². The van der Waals surface area contributed by atoms with E-state index in [1.165, 1.54) is 10.4 Å². The number of nitrogens with zero attached hydrogens (tertiary/aromatic N) is 2. The molecule has 4 aromatic rings. The minimum atomic E-state index is 0.0208. The van der Waals surface area contributed by atoms with Crippen molar-refractivity contribution < 1.29 is 4.79 Å². The summed E-state index contributed by atoms with van der Waals surface area (Å²) in [5.41, 5.74) is 3.88. The van der Waals surface area contributed by atoms with Crippen molar-refractivity contribution in [1.29, 1.82) is 0 Å². The maximum atomic E-state index is 12.2. The number of carbonyl (C=O) groups is 1. The van der Waals surface area contributed by atoms with Gasteiger partial charge in [-0.1, -0.05) is 42.5 Å². The molecule has 2 aromatic carbocycles. The Bertz CT molecular complexity index is 1020. The molecule has 0 spiro atoms. The Morgan fingerprint density at radius 2 is 1.96 bits per heavy atom. The third-order valence-electron chi connectivity index (χ3n) is 4.20. The van der Waals surface area contributed by atoms with Crippen molar-refractivity contribution in [2.24, 2.45) is 0 Å². The van der Waals surface area contributed by atoms with Gasteiger partial charge in [-0.05, 0) is 31.0 Å². The van der Waals surface area contributed by atoms with E-state index in [9.17, 15) is 4.79 Å². The molecule has 4 nitrogen and oxygen atoms in total. The van der Waals surface area contributed by atoms with Crippen LogP contribution in [0.4, 0.5) is 5.69 Å². The number of nitrogens with one attached hydrogen (secondary N) is 1. The van der Waals surface area contributed by atoms with Gasteiger partial charge in [0.1, 0.15) is 0 Å². The number of thiazole rings is 1. The van der Waals surface area contributed by atoms with Crippen molar-refractivity contribution in [3.05, 3.63) is 77.4 Å². The minimum absolute atomic E-state index is 0.0208. The zero-order chi connectivity index (χ0) is 17.9. The van der Waals surface area contributed by atoms with Gasteiger partial charge in [0.15, 0.2) is 4.96 Å². The fourth-order valence-corrected chi connectivity index (χ4v) is 3.74. The summed E-state index contributed by atoms with van der Waals surface area (Å²) in [7, 11) is 0. The van der Waals surface area contributed by atoms with E-state index in [2.05, 4.69) is 23.4 Å². The molecule has 1 N–H and O–H groups in total. The van der Waals surface area contributed by atoms with Gasteiger partial charge in [-0.3, -0.25) is 9.20 Å². The van der Waals surface area contributed by atoms with Gasteiger partial charge in [0, 0.05) is 34.9 Å². The van der Waals surface area contributed by atoms with Crippen molar-refractivity contribution >= 4 is 27.9 Å². The lowest BCUT2D eigenvalue weighted by atomic mass is 10.1. The number of rotatable bonds is 5. The van der Waals surface area contributed by atoms with Crippen molar-refractivity contribution in [1.82, 2.24) is 9.38 Å². The van der Waals surface area contributed by atoms with Gasteiger partial charge in [0.2, 0.25) is 5.91 Å². The zero-order valence-corrected chi connectivity index (χ0v) is 15.3. The van der Waals surface area contributed by atoms with E-state index >= 15 is 0 Å². The molecule has 5 heteroatoms. The molecule has 1 amide bonds. The van der Waals surface area contributed by atoms with Gasteiger partial charge < -0.3 is 5.32 Å². The van der Waals surface area contributed by atoms with Crippen molar-refractivity contribution in [3.63, 3.8) is 0 Å². The van der Waals surface area contributed by atoms with Gasteiger partial charge in [-0.15, -0.1) is 11.3 Å². The first-order chi connectivity index (χ1) is 12.7. The highest BCUT2D eigenvalue weighted by atomic mass is 32.1. The number of fused-ring (bicyclic) bond motifs is 1. The van der Waals surface area contributed by atoms with Gasteiger partial charge in [-0.25, -0.2) is 4.98 Å². The van der Waals surface area contributed by atoms with Crippen molar-refractivity contribution in [2.75, 3.05) is 5.32 Å². The molecule has 0 saturated carbocycles. The smallest absolute Gasteiger partial charge is 0.224 e. The summed E-state index contributed by atoms with van der Waals surface area (Å²) < 4.78 is 2.04. The summed E-state index contributed by atoms with van der Waals surface area (Å²) in [5.74, 6) is 0.0208. The summed E-state index contributed by atoms with van der Waals surface area (Å²) >= 11 is 1.67. The second-order valence-corrected chi connectivity index (χ2v) is 7.49. The van der Waals surface area contributed by atoms with E-state index in [0.29, 0.717) is 6.42 Å². The highest BCUT2D eigenvalue weighted by Crippen LogP contribution is 2.25. The van der Waals surface area contributed by atoms with Crippen molar-refractivity contribution in [3.8, 4) is 11.3 Å². The number of imidazole rings is 1. The molecule has 0 atom stereocenters. The van der Waals surface area contributed by atoms with E-state index in [1.54, 1.807) is 11.3 Å². The standard InChI is InChI=1S/C21H19N3OS/c1-15-13-24-14-19(23-21(24)26-15)17-8-5-9-18(12-17)22-20(25)11-10-16-6-3-2-4-7-16/h2-9,12-14H,10-11H2,1H3,(H,22,25). The predicted molar refractivity (Wildman–Crippen MR) is 107 cm³/mol. The summed E-state index contributed by atoms with van der Waals surface area (Å²) in [6.07, 6.45) is 5.30. The summed E-state index contributed by atoms with van der Waals surface area (Å²) in [6.45, 7) is 2.07. The third-order valence-corrected chi connectivity index (χ3v) is 5.11. The molecule has 0 saturated heterocycles. The van der Waals surface area contributed by atoms with Crippen LogP contribution in [0.2, 0.25) is 0 Å². The normalized spacial score (nSPS) is 11.0. The number of hydrogen-bond donors (Lipinski definition) is 1. The molecule has 0 aliphatic rings. The van der Waals surface area contributed by atoms with Crippen LogP contribution < -0.4 is 5.32 Å². The average molecular weight is 361 g/mol. The molecule has 26 heavy (non-hydrogen) atoms. The lowest BCUT2D eigenvalue weighted by Crippen LogP contribution is -2.12. The summed E-state index contributed by atoms with van der Waals surface area (Å²) in [6, 6.07) is 17.9. The molecule has 2 aromatic heterocycles.